The molecule has 3 rings (SSSR count). The van der Waals surface area contributed by atoms with Crippen LogP contribution in [0.15, 0.2) is 47.5 Å². The van der Waals surface area contributed by atoms with Gasteiger partial charge in [-0.2, -0.15) is 0 Å². The van der Waals surface area contributed by atoms with Crippen LogP contribution in [0.1, 0.15) is 24.1 Å². The smallest absolute Gasteiger partial charge is 0.270 e. The van der Waals surface area contributed by atoms with Crippen molar-refractivity contribution in [1.82, 2.24) is 14.9 Å². The maximum Gasteiger partial charge on any atom is 0.270 e. The zero-order valence-electron chi connectivity index (χ0n) is 12.9. The Kier molecular flexibility index (Phi) is 4.98. The van der Waals surface area contributed by atoms with Crippen molar-refractivity contribution in [3.8, 4) is 0 Å². The molecule has 0 unspecified atom stereocenters. The highest BCUT2D eigenvalue weighted by atomic mass is 19.1. The summed E-state index contributed by atoms with van der Waals surface area (Å²) in [5.41, 5.74) is 1.08. The molecule has 1 aromatic carbocycles. The van der Waals surface area contributed by atoms with Crippen molar-refractivity contribution in [1.29, 1.82) is 0 Å². The molecule has 0 spiro atoms. The number of nitrogens with zero attached hydrogens (tertiary/aromatic N) is 2. The molecule has 1 N–H and O–H groups in total. The summed E-state index contributed by atoms with van der Waals surface area (Å²) in [4.78, 5) is 20.7. The zero-order valence-corrected chi connectivity index (χ0v) is 12.9. The van der Waals surface area contributed by atoms with Gasteiger partial charge in [0.15, 0.2) is 0 Å². The molecule has 0 radical (unpaired) electrons. The van der Waals surface area contributed by atoms with Gasteiger partial charge in [0, 0.05) is 24.5 Å². The van der Waals surface area contributed by atoms with Crippen LogP contribution in [0.5, 0.6) is 0 Å². The van der Waals surface area contributed by atoms with Gasteiger partial charge in [0.05, 0.1) is 0 Å². The largest absolute Gasteiger partial charge is 0.326 e. The molecule has 120 valence electrons. The van der Waals surface area contributed by atoms with Crippen molar-refractivity contribution in [3.05, 3.63) is 70.2 Å². The van der Waals surface area contributed by atoms with E-state index in [1.165, 1.54) is 6.07 Å². The molecule has 2 heterocycles. The third-order valence-electron chi connectivity index (χ3n) is 4.24. The number of hydrogen-bond acceptors (Lipinski definition) is 3. The van der Waals surface area contributed by atoms with E-state index in [9.17, 15) is 9.18 Å². The van der Waals surface area contributed by atoms with Crippen LogP contribution in [0.4, 0.5) is 4.39 Å². The van der Waals surface area contributed by atoms with Crippen molar-refractivity contribution in [2.75, 3.05) is 13.1 Å². The van der Waals surface area contributed by atoms with Crippen LogP contribution in [-0.4, -0.2) is 28.0 Å². The van der Waals surface area contributed by atoms with Crippen LogP contribution in [0, 0.1) is 11.7 Å². The molecule has 0 bridgehead atoms. The molecule has 2 aromatic rings. The SMILES string of the molecule is O=c1[nH]ccnc1CN1CCC(/C=C/c2ccccc2F)CC1. The number of halogens is 1. The molecule has 5 heteroatoms. The summed E-state index contributed by atoms with van der Waals surface area (Å²) in [6.45, 7) is 2.42. The Labute approximate surface area is 134 Å². The Hall–Kier alpha value is -2.27. The average molecular weight is 313 g/mol. The summed E-state index contributed by atoms with van der Waals surface area (Å²) in [6.07, 6.45) is 9.15. The molecular weight excluding hydrogens is 293 g/mol. The average Bonchev–Trinajstić information content (AvgIpc) is 2.57. The second-order valence-electron chi connectivity index (χ2n) is 5.86. The second kappa shape index (κ2) is 7.33. The summed E-state index contributed by atoms with van der Waals surface area (Å²) < 4.78 is 13.6. The Bertz CT molecular complexity index is 733. The van der Waals surface area contributed by atoms with E-state index in [1.807, 2.05) is 12.1 Å². The predicted octanol–water partition coefficient (Wildman–Crippen LogP) is 2.83. The first-order valence-corrected chi connectivity index (χ1v) is 7.90. The van der Waals surface area contributed by atoms with Gasteiger partial charge in [-0.25, -0.2) is 4.39 Å². The minimum Gasteiger partial charge on any atom is -0.326 e. The number of aromatic amines is 1. The van der Waals surface area contributed by atoms with Gasteiger partial charge < -0.3 is 4.98 Å². The molecule has 1 aliphatic rings. The number of likely N-dealkylation sites (tertiary alicyclic amines) is 1. The topological polar surface area (TPSA) is 49.0 Å². The van der Waals surface area contributed by atoms with E-state index in [2.05, 4.69) is 20.9 Å². The van der Waals surface area contributed by atoms with Gasteiger partial charge in [0.2, 0.25) is 0 Å². The van der Waals surface area contributed by atoms with E-state index in [0.717, 1.165) is 25.9 Å². The number of H-pyrrole nitrogens is 1. The molecule has 0 amide bonds. The summed E-state index contributed by atoms with van der Waals surface area (Å²) in [5.74, 6) is 0.267. The summed E-state index contributed by atoms with van der Waals surface area (Å²) in [6, 6.07) is 6.81. The van der Waals surface area contributed by atoms with Crippen molar-refractivity contribution in [2.45, 2.75) is 19.4 Å². The lowest BCUT2D eigenvalue weighted by Crippen LogP contribution is -2.34. The fourth-order valence-corrected chi connectivity index (χ4v) is 2.86. The molecule has 0 aliphatic carbocycles. The number of hydrogen-bond donors (Lipinski definition) is 1. The number of nitrogens with one attached hydrogen (secondary N) is 1. The molecule has 1 fully saturated rings. The maximum absolute atomic E-state index is 13.6. The second-order valence-corrected chi connectivity index (χ2v) is 5.86. The van der Waals surface area contributed by atoms with Gasteiger partial charge in [0.1, 0.15) is 11.5 Å². The summed E-state index contributed by atoms with van der Waals surface area (Å²) >= 11 is 0. The van der Waals surface area contributed by atoms with Crippen LogP contribution in [0.25, 0.3) is 6.08 Å². The van der Waals surface area contributed by atoms with E-state index < -0.39 is 0 Å². The lowest BCUT2D eigenvalue weighted by atomic mass is 9.95. The lowest BCUT2D eigenvalue weighted by molar-refractivity contribution is 0.193. The van der Waals surface area contributed by atoms with E-state index >= 15 is 0 Å². The monoisotopic (exact) mass is 313 g/mol. The quantitative estimate of drug-likeness (QED) is 0.944. The van der Waals surface area contributed by atoms with Crippen molar-refractivity contribution < 1.29 is 4.39 Å². The van der Waals surface area contributed by atoms with Crippen molar-refractivity contribution in [3.63, 3.8) is 0 Å². The Morgan fingerprint density at radius 2 is 2.09 bits per heavy atom. The summed E-state index contributed by atoms with van der Waals surface area (Å²) in [5, 5.41) is 0. The number of piperidine rings is 1. The molecule has 0 atom stereocenters. The predicted molar refractivity (Wildman–Crippen MR) is 88.3 cm³/mol. The molecule has 4 nitrogen and oxygen atoms in total. The Morgan fingerprint density at radius 1 is 1.30 bits per heavy atom. The molecule has 1 aliphatic heterocycles. The van der Waals surface area contributed by atoms with E-state index in [0.29, 0.717) is 23.7 Å². The molecule has 0 saturated carbocycles. The van der Waals surface area contributed by atoms with E-state index in [-0.39, 0.29) is 11.4 Å². The lowest BCUT2D eigenvalue weighted by Gasteiger charge is -2.30. The van der Waals surface area contributed by atoms with Crippen LogP contribution < -0.4 is 5.56 Å². The van der Waals surface area contributed by atoms with Gasteiger partial charge in [0.25, 0.3) is 5.56 Å². The highest BCUT2D eigenvalue weighted by Crippen LogP contribution is 2.21. The fourth-order valence-electron chi connectivity index (χ4n) is 2.86. The number of aromatic nitrogens is 2. The molecular formula is C18H20FN3O. The van der Waals surface area contributed by atoms with Gasteiger partial charge in [-0.3, -0.25) is 14.7 Å². The molecule has 1 saturated heterocycles. The molecule has 23 heavy (non-hydrogen) atoms. The third-order valence-corrected chi connectivity index (χ3v) is 4.24. The number of rotatable bonds is 4. The normalized spacial score (nSPS) is 16.9. The van der Waals surface area contributed by atoms with Crippen LogP contribution in [0.2, 0.25) is 0 Å². The van der Waals surface area contributed by atoms with Crippen LogP contribution in [0.3, 0.4) is 0 Å². The number of benzene rings is 1. The zero-order chi connectivity index (χ0) is 16.1. The van der Waals surface area contributed by atoms with Crippen molar-refractivity contribution in [2.24, 2.45) is 5.92 Å². The first-order valence-electron chi connectivity index (χ1n) is 7.90. The maximum atomic E-state index is 13.6. The highest BCUT2D eigenvalue weighted by molar-refractivity contribution is 5.50. The van der Waals surface area contributed by atoms with Gasteiger partial charge in [-0.05, 0) is 37.9 Å². The minimum atomic E-state index is -0.185. The van der Waals surface area contributed by atoms with Crippen LogP contribution >= 0.6 is 0 Å². The molecule has 1 aromatic heterocycles. The first kappa shape index (κ1) is 15.6. The van der Waals surface area contributed by atoms with Crippen LogP contribution in [-0.2, 0) is 6.54 Å². The minimum absolute atomic E-state index is 0.117. The van der Waals surface area contributed by atoms with Gasteiger partial charge in [-0.15, -0.1) is 0 Å². The first-order chi connectivity index (χ1) is 11.2. The van der Waals surface area contributed by atoms with Crippen molar-refractivity contribution >= 4 is 6.08 Å². The summed E-state index contributed by atoms with van der Waals surface area (Å²) in [7, 11) is 0. The number of allylic oxidation sites excluding steroid dienone is 1. The van der Waals surface area contributed by atoms with E-state index in [4.69, 9.17) is 0 Å². The van der Waals surface area contributed by atoms with E-state index in [1.54, 1.807) is 24.5 Å². The highest BCUT2D eigenvalue weighted by Gasteiger charge is 2.18. The Balaban J connectivity index is 1.54. The standard InChI is InChI=1S/C18H20FN3O/c19-16-4-2-1-3-15(16)6-5-14-7-11-22(12-8-14)13-17-18(23)21-10-9-20-17/h1-6,9-10,14H,7-8,11-13H2,(H,21,23)/b6-5+. The van der Waals surface area contributed by atoms with Gasteiger partial charge in [-0.1, -0.05) is 30.4 Å². The van der Waals surface area contributed by atoms with Gasteiger partial charge >= 0.3 is 0 Å². The Morgan fingerprint density at radius 3 is 2.83 bits per heavy atom. The third kappa shape index (κ3) is 4.13. The fraction of sp³-hybridized carbons (Fsp3) is 0.333.